The zero-order chi connectivity index (χ0) is 15.7. The second kappa shape index (κ2) is 5.83. The molecule has 1 atom stereocenters. The monoisotopic (exact) mass is 311 g/mol. The van der Waals surface area contributed by atoms with Crippen LogP contribution in [0.3, 0.4) is 0 Å². The van der Waals surface area contributed by atoms with E-state index in [2.05, 4.69) is 38.0 Å². The van der Waals surface area contributed by atoms with Crippen LogP contribution in [-0.4, -0.2) is 31.7 Å². The minimum Gasteiger partial charge on any atom is -0.368 e. The van der Waals surface area contributed by atoms with E-state index in [0.29, 0.717) is 24.7 Å². The van der Waals surface area contributed by atoms with E-state index < -0.39 is 10.0 Å². The van der Waals surface area contributed by atoms with Crippen molar-refractivity contribution in [2.45, 2.75) is 46.6 Å². The van der Waals surface area contributed by atoms with E-state index in [1.54, 1.807) is 6.20 Å². The van der Waals surface area contributed by atoms with Crippen molar-refractivity contribution < 1.29 is 8.42 Å². The lowest BCUT2D eigenvalue weighted by molar-refractivity contribution is 0.357. The van der Waals surface area contributed by atoms with Crippen molar-refractivity contribution >= 4 is 21.5 Å². The van der Waals surface area contributed by atoms with E-state index in [4.69, 9.17) is 0 Å². The standard InChI is InChI=1S/C15H25N3O2S/c1-12(10-15(2,3)4)17-14-7-6-13(11-16-14)18-8-5-9-21(18,19)20/h6-7,11-12H,5,8-10H2,1-4H3,(H,16,17). The van der Waals surface area contributed by atoms with Crippen molar-refractivity contribution in [3.05, 3.63) is 18.3 Å². The summed E-state index contributed by atoms with van der Waals surface area (Å²) in [6.45, 7) is 9.31. The highest BCUT2D eigenvalue weighted by molar-refractivity contribution is 7.93. The lowest BCUT2D eigenvalue weighted by atomic mass is 9.89. The molecule has 0 bridgehead atoms. The summed E-state index contributed by atoms with van der Waals surface area (Å²) in [6.07, 6.45) is 3.36. The lowest BCUT2D eigenvalue weighted by Gasteiger charge is -2.24. The average Bonchev–Trinajstić information content (AvgIpc) is 2.67. The first-order chi connectivity index (χ1) is 9.67. The van der Waals surface area contributed by atoms with Gasteiger partial charge in [-0.15, -0.1) is 0 Å². The van der Waals surface area contributed by atoms with E-state index in [9.17, 15) is 8.42 Å². The molecule has 0 aliphatic carbocycles. The van der Waals surface area contributed by atoms with Gasteiger partial charge in [-0.1, -0.05) is 20.8 Å². The van der Waals surface area contributed by atoms with Gasteiger partial charge in [-0.25, -0.2) is 13.4 Å². The molecule has 1 aliphatic rings. The summed E-state index contributed by atoms with van der Waals surface area (Å²) in [6, 6.07) is 3.99. The maximum absolute atomic E-state index is 11.9. The van der Waals surface area contributed by atoms with Gasteiger partial charge in [-0.2, -0.15) is 0 Å². The van der Waals surface area contributed by atoms with Crippen LogP contribution < -0.4 is 9.62 Å². The summed E-state index contributed by atoms with van der Waals surface area (Å²) < 4.78 is 25.2. The lowest BCUT2D eigenvalue weighted by Crippen LogP contribution is -2.25. The first kappa shape index (κ1) is 16.1. The summed E-state index contributed by atoms with van der Waals surface area (Å²) in [5.41, 5.74) is 0.914. The molecule has 5 nitrogen and oxygen atoms in total. The molecule has 2 rings (SSSR count). The van der Waals surface area contributed by atoms with Crippen molar-refractivity contribution in [1.29, 1.82) is 0 Å². The highest BCUT2D eigenvalue weighted by Gasteiger charge is 2.28. The van der Waals surface area contributed by atoms with E-state index in [-0.39, 0.29) is 11.2 Å². The number of sulfonamides is 1. The molecule has 1 N–H and O–H groups in total. The van der Waals surface area contributed by atoms with Gasteiger partial charge in [-0.3, -0.25) is 4.31 Å². The van der Waals surface area contributed by atoms with Crippen LogP contribution in [-0.2, 0) is 10.0 Å². The Hall–Kier alpha value is -1.30. The highest BCUT2D eigenvalue weighted by Crippen LogP contribution is 2.25. The maximum Gasteiger partial charge on any atom is 0.235 e. The van der Waals surface area contributed by atoms with E-state index in [1.165, 1.54) is 4.31 Å². The number of aromatic nitrogens is 1. The van der Waals surface area contributed by atoms with Crippen LogP contribution in [0.1, 0.15) is 40.5 Å². The van der Waals surface area contributed by atoms with Crippen molar-refractivity contribution in [2.24, 2.45) is 5.41 Å². The average molecular weight is 311 g/mol. The molecule has 21 heavy (non-hydrogen) atoms. The Bertz CT molecular complexity index is 576. The van der Waals surface area contributed by atoms with Crippen LogP contribution in [0.15, 0.2) is 18.3 Å². The Morgan fingerprint density at radius 2 is 2.10 bits per heavy atom. The molecule has 0 radical (unpaired) electrons. The Balaban J connectivity index is 2.03. The number of pyridine rings is 1. The number of nitrogens with one attached hydrogen (secondary N) is 1. The molecule has 1 aromatic heterocycles. The van der Waals surface area contributed by atoms with E-state index >= 15 is 0 Å². The molecule has 0 amide bonds. The predicted molar refractivity (Wildman–Crippen MR) is 87.1 cm³/mol. The third-order valence-corrected chi connectivity index (χ3v) is 5.32. The fourth-order valence-electron chi connectivity index (χ4n) is 2.77. The van der Waals surface area contributed by atoms with Gasteiger partial charge in [0.2, 0.25) is 10.0 Å². The second-order valence-electron chi connectivity index (χ2n) is 6.95. The van der Waals surface area contributed by atoms with Crippen LogP contribution in [0.2, 0.25) is 0 Å². The molecule has 1 aromatic rings. The third kappa shape index (κ3) is 4.33. The normalized spacial score (nSPS) is 19.5. The molecule has 2 heterocycles. The molecule has 1 saturated heterocycles. The molecule has 6 heteroatoms. The minimum atomic E-state index is -3.13. The van der Waals surface area contributed by atoms with Gasteiger partial charge < -0.3 is 5.32 Å². The van der Waals surface area contributed by atoms with Crippen LogP contribution in [0.5, 0.6) is 0 Å². The molecule has 0 spiro atoms. The minimum absolute atomic E-state index is 0.232. The van der Waals surface area contributed by atoms with Crippen LogP contribution >= 0.6 is 0 Å². The Morgan fingerprint density at radius 1 is 1.38 bits per heavy atom. The summed E-state index contributed by atoms with van der Waals surface area (Å²) in [5, 5.41) is 3.36. The van der Waals surface area contributed by atoms with Gasteiger partial charge in [0.25, 0.3) is 0 Å². The third-order valence-electron chi connectivity index (χ3n) is 3.45. The molecular weight excluding hydrogens is 286 g/mol. The molecule has 118 valence electrons. The summed E-state index contributed by atoms with van der Waals surface area (Å²) in [5.74, 6) is 1.02. The van der Waals surface area contributed by atoms with Gasteiger partial charge in [0.15, 0.2) is 0 Å². The van der Waals surface area contributed by atoms with E-state index in [1.807, 2.05) is 12.1 Å². The number of nitrogens with zero attached hydrogens (tertiary/aromatic N) is 2. The first-order valence-corrected chi connectivity index (χ1v) is 9.01. The van der Waals surface area contributed by atoms with Crippen molar-refractivity contribution in [1.82, 2.24) is 4.98 Å². The van der Waals surface area contributed by atoms with Crippen molar-refractivity contribution in [3.63, 3.8) is 0 Å². The van der Waals surface area contributed by atoms with Crippen LogP contribution in [0.25, 0.3) is 0 Å². The molecule has 1 fully saturated rings. The first-order valence-electron chi connectivity index (χ1n) is 7.40. The molecule has 1 aliphatic heterocycles. The van der Waals surface area contributed by atoms with Gasteiger partial charge in [-0.05, 0) is 37.3 Å². The van der Waals surface area contributed by atoms with Gasteiger partial charge >= 0.3 is 0 Å². The number of hydrogen-bond acceptors (Lipinski definition) is 4. The smallest absolute Gasteiger partial charge is 0.235 e. The van der Waals surface area contributed by atoms with Gasteiger partial charge in [0.05, 0.1) is 17.6 Å². The molecule has 1 unspecified atom stereocenters. The number of rotatable bonds is 4. The Morgan fingerprint density at radius 3 is 2.57 bits per heavy atom. The SMILES string of the molecule is CC(CC(C)(C)C)Nc1ccc(N2CCCS2(=O)=O)cn1. The Labute approximate surface area is 127 Å². The summed E-state index contributed by atoms with van der Waals surface area (Å²) >= 11 is 0. The molecular formula is C15H25N3O2S. The zero-order valence-electron chi connectivity index (χ0n) is 13.3. The molecule has 0 saturated carbocycles. The second-order valence-corrected chi connectivity index (χ2v) is 8.97. The quantitative estimate of drug-likeness (QED) is 0.929. The van der Waals surface area contributed by atoms with Gasteiger partial charge in [0, 0.05) is 12.6 Å². The topological polar surface area (TPSA) is 62.3 Å². The number of anilines is 2. The largest absolute Gasteiger partial charge is 0.368 e. The van der Waals surface area contributed by atoms with Gasteiger partial charge in [0.1, 0.15) is 5.82 Å². The maximum atomic E-state index is 11.9. The predicted octanol–water partition coefficient (Wildman–Crippen LogP) is 2.86. The zero-order valence-corrected chi connectivity index (χ0v) is 14.1. The van der Waals surface area contributed by atoms with Crippen molar-refractivity contribution in [3.8, 4) is 0 Å². The van der Waals surface area contributed by atoms with Crippen LogP contribution in [0, 0.1) is 5.41 Å². The highest BCUT2D eigenvalue weighted by atomic mass is 32.2. The summed E-state index contributed by atoms with van der Waals surface area (Å²) in [7, 11) is -3.13. The fourth-order valence-corrected chi connectivity index (χ4v) is 4.32. The number of hydrogen-bond donors (Lipinski definition) is 1. The Kier molecular flexibility index (Phi) is 4.46. The van der Waals surface area contributed by atoms with Crippen molar-refractivity contribution in [2.75, 3.05) is 21.9 Å². The van der Waals surface area contributed by atoms with Crippen LogP contribution in [0.4, 0.5) is 11.5 Å². The summed E-state index contributed by atoms with van der Waals surface area (Å²) in [4.78, 5) is 4.34. The molecule has 0 aromatic carbocycles. The fraction of sp³-hybridized carbons (Fsp3) is 0.667. The van der Waals surface area contributed by atoms with E-state index in [0.717, 1.165) is 12.2 Å².